The summed E-state index contributed by atoms with van der Waals surface area (Å²) in [4.78, 5) is 15.1. The zero-order chi connectivity index (χ0) is 11.7. The van der Waals surface area contributed by atoms with Crippen molar-refractivity contribution in [3.05, 3.63) is 48.3 Å². The summed E-state index contributed by atoms with van der Waals surface area (Å²) in [5, 5.41) is 2.66. The van der Waals surface area contributed by atoms with Crippen molar-refractivity contribution in [2.75, 3.05) is 5.32 Å². The minimum absolute atomic E-state index is 0.315. The van der Waals surface area contributed by atoms with Crippen LogP contribution in [0.1, 0.15) is 5.56 Å². The van der Waals surface area contributed by atoms with Crippen molar-refractivity contribution in [1.82, 2.24) is 4.98 Å². The minimum Gasteiger partial charge on any atom is -0.444 e. The number of benzene rings is 1. The first-order valence-corrected chi connectivity index (χ1v) is 5.30. The van der Waals surface area contributed by atoms with Gasteiger partial charge in [-0.05, 0) is 23.8 Å². The Morgan fingerprint density at radius 3 is 3.00 bits per heavy atom. The second-order valence-corrected chi connectivity index (χ2v) is 3.81. The Hall–Kier alpha value is -2.36. The van der Waals surface area contributed by atoms with Crippen LogP contribution in [0.2, 0.25) is 0 Å². The van der Waals surface area contributed by atoms with Crippen LogP contribution in [0.3, 0.4) is 0 Å². The monoisotopic (exact) mass is 226 g/mol. The lowest BCUT2D eigenvalue weighted by atomic mass is 10.0. The quantitative estimate of drug-likeness (QED) is 0.813. The first-order chi connectivity index (χ1) is 8.33. The van der Waals surface area contributed by atoms with Gasteiger partial charge in [-0.1, -0.05) is 12.1 Å². The normalized spacial score (nSPS) is 13.5. The van der Waals surface area contributed by atoms with E-state index in [0.717, 1.165) is 22.4 Å². The number of carbonyl (C=O) groups is 1. The first-order valence-electron chi connectivity index (χ1n) is 5.30. The summed E-state index contributed by atoms with van der Waals surface area (Å²) in [5.74, 6) is 0. The third-order valence-corrected chi connectivity index (χ3v) is 2.70. The smallest absolute Gasteiger partial charge is 0.411 e. The predicted molar refractivity (Wildman–Crippen MR) is 63.5 cm³/mol. The molecular weight excluding hydrogens is 216 g/mol. The molecule has 2 heterocycles. The van der Waals surface area contributed by atoms with E-state index in [9.17, 15) is 4.79 Å². The van der Waals surface area contributed by atoms with Crippen molar-refractivity contribution >= 4 is 11.8 Å². The van der Waals surface area contributed by atoms with Crippen LogP contribution in [-0.4, -0.2) is 11.1 Å². The van der Waals surface area contributed by atoms with Crippen LogP contribution in [-0.2, 0) is 11.3 Å². The third kappa shape index (κ3) is 1.85. The van der Waals surface area contributed by atoms with Crippen LogP contribution in [0.5, 0.6) is 0 Å². The molecule has 0 radical (unpaired) electrons. The molecule has 0 spiro atoms. The molecule has 1 aromatic heterocycles. The summed E-state index contributed by atoms with van der Waals surface area (Å²) in [6.07, 6.45) is 3.15. The fourth-order valence-electron chi connectivity index (χ4n) is 1.84. The summed E-state index contributed by atoms with van der Waals surface area (Å²) in [6, 6.07) is 9.75. The molecule has 0 saturated heterocycles. The Balaban J connectivity index is 2.02. The number of ether oxygens (including phenoxy) is 1. The van der Waals surface area contributed by atoms with Gasteiger partial charge >= 0.3 is 6.09 Å². The van der Waals surface area contributed by atoms with Gasteiger partial charge in [-0.3, -0.25) is 10.3 Å². The Morgan fingerprint density at radius 2 is 2.18 bits per heavy atom. The van der Waals surface area contributed by atoms with Gasteiger partial charge in [-0.15, -0.1) is 0 Å². The molecule has 1 aliphatic heterocycles. The SMILES string of the molecule is O=C1Nc2ccc(-c3cccnc3)cc2CO1. The molecule has 0 saturated carbocycles. The third-order valence-electron chi connectivity index (χ3n) is 2.70. The maximum Gasteiger partial charge on any atom is 0.411 e. The number of anilines is 1. The number of pyridine rings is 1. The van der Waals surface area contributed by atoms with Gasteiger partial charge in [0.25, 0.3) is 0 Å². The molecule has 4 heteroatoms. The van der Waals surface area contributed by atoms with Crippen molar-refractivity contribution in [2.24, 2.45) is 0 Å². The number of hydrogen-bond acceptors (Lipinski definition) is 3. The number of carbonyl (C=O) groups excluding carboxylic acids is 1. The number of fused-ring (bicyclic) bond motifs is 1. The van der Waals surface area contributed by atoms with E-state index in [1.165, 1.54) is 0 Å². The second kappa shape index (κ2) is 3.90. The van der Waals surface area contributed by atoms with E-state index < -0.39 is 6.09 Å². The zero-order valence-electron chi connectivity index (χ0n) is 9.01. The molecule has 4 nitrogen and oxygen atoms in total. The van der Waals surface area contributed by atoms with Gasteiger partial charge in [0.05, 0.1) is 5.69 Å². The van der Waals surface area contributed by atoms with Gasteiger partial charge in [-0.2, -0.15) is 0 Å². The number of cyclic esters (lactones) is 1. The van der Waals surface area contributed by atoms with Crippen molar-refractivity contribution in [1.29, 1.82) is 0 Å². The number of rotatable bonds is 1. The van der Waals surface area contributed by atoms with E-state index in [4.69, 9.17) is 4.74 Å². The van der Waals surface area contributed by atoms with Gasteiger partial charge < -0.3 is 4.74 Å². The minimum atomic E-state index is -0.397. The van der Waals surface area contributed by atoms with E-state index in [-0.39, 0.29) is 0 Å². The fraction of sp³-hybridized carbons (Fsp3) is 0.0769. The molecule has 0 atom stereocenters. The molecule has 17 heavy (non-hydrogen) atoms. The number of amides is 1. The lowest BCUT2D eigenvalue weighted by Crippen LogP contribution is -2.20. The summed E-state index contributed by atoms with van der Waals surface area (Å²) in [6.45, 7) is 0.315. The maximum atomic E-state index is 11.0. The molecular formula is C13H10N2O2. The predicted octanol–water partition coefficient (Wildman–Crippen LogP) is 2.81. The molecule has 0 bridgehead atoms. The zero-order valence-corrected chi connectivity index (χ0v) is 9.01. The van der Waals surface area contributed by atoms with Crippen molar-refractivity contribution in [2.45, 2.75) is 6.61 Å². The number of hydrogen-bond donors (Lipinski definition) is 1. The van der Waals surface area contributed by atoms with E-state index in [1.54, 1.807) is 6.20 Å². The Morgan fingerprint density at radius 1 is 1.24 bits per heavy atom. The van der Waals surface area contributed by atoms with E-state index in [1.807, 2.05) is 36.5 Å². The maximum absolute atomic E-state index is 11.0. The van der Waals surface area contributed by atoms with Crippen molar-refractivity contribution in [3.63, 3.8) is 0 Å². The largest absolute Gasteiger partial charge is 0.444 e. The van der Waals surface area contributed by atoms with Crippen molar-refractivity contribution in [3.8, 4) is 11.1 Å². The highest BCUT2D eigenvalue weighted by Crippen LogP contribution is 2.27. The van der Waals surface area contributed by atoms with E-state index >= 15 is 0 Å². The lowest BCUT2D eigenvalue weighted by molar-refractivity contribution is 0.151. The first kappa shape index (κ1) is 9.84. The van der Waals surface area contributed by atoms with E-state index in [2.05, 4.69) is 10.3 Å². The molecule has 1 aliphatic rings. The summed E-state index contributed by atoms with van der Waals surface area (Å²) in [5.41, 5.74) is 3.91. The number of nitrogens with zero attached hydrogens (tertiary/aromatic N) is 1. The Labute approximate surface area is 98.3 Å². The van der Waals surface area contributed by atoms with Crippen LogP contribution in [0.25, 0.3) is 11.1 Å². The topological polar surface area (TPSA) is 51.2 Å². The summed E-state index contributed by atoms with van der Waals surface area (Å²) >= 11 is 0. The summed E-state index contributed by atoms with van der Waals surface area (Å²) in [7, 11) is 0. The molecule has 1 aromatic carbocycles. The van der Waals surface area contributed by atoms with Gasteiger partial charge in [0.2, 0.25) is 0 Å². The fourth-order valence-corrected chi connectivity index (χ4v) is 1.84. The highest BCUT2D eigenvalue weighted by molar-refractivity contribution is 5.88. The number of aromatic nitrogens is 1. The lowest BCUT2D eigenvalue weighted by Gasteiger charge is -2.18. The molecule has 2 aromatic rings. The molecule has 3 rings (SSSR count). The number of nitrogens with one attached hydrogen (secondary N) is 1. The van der Waals surface area contributed by atoms with Gasteiger partial charge in [0.1, 0.15) is 6.61 Å². The highest BCUT2D eigenvalue weighted by atomic mass is 16.5. The molecule has 0 unspecified atom stereocenters. The van der Waals surface area contributed by atoms with Crippen LogP contribution < -0.4 is 5.32 Å². The average molecular weight is 226 g/mol. The Kier molecular flexibility index (Phi) is 2.26. The standard InChI is InChI=1S/C13H10N2O2/c16-13-15-12-4-3-9(6-11(12)8-17-13)10-2-1-5-14-7-10/h1-7H,8H2,(H,15,16). The molecule has 1 amide bonds. The highest BCUT2D eigenvalue weighted by Gasteiger charge is 2.15. The van der Waals surface area contributed by atoms with Gasteiger partial charge in [-0.25, -0.2) is 4.79 Å². The van der Waals surface area contributed by atoms with E-state index in [0.29, 0.717) is 6.61 Å². The van der Waals surface area contributed by atoms with Crippen LogP contribution in [0.15, 0.2) is 42.7 Å². The average Bonchev–Trinajstić information content (AvgIpc) is 2.39. The van der Waals surface area contributed by atoms with Crippen LogP contribution in [0.4, 0.5) is 10.5 Å². The van der Waals surface area contributed by atoms with Crippen LogP contribution in [0, 0.1) is 0 Å². The molecule has 84 valence electrons. The molecule has 0 aliphatic carbocycles. The van der Waals surface area contributed by atoms with Crippen molar-refractivity contribution < 1.29 is 9.53 Å². The molecule has 0 fully saturated rings. The summed E-state index contributed by atoms with van der Waals surface area (Å²) < 4.78 is 4.93. The second-order valence-electron chi connectivity index (χ2n) is 3.81. The van der Waals surface area contributed by atoms with Gasteiger partial charge in [0.15, 0.2) is 0 Å². The molecule has 1 N–H and O–H groups in total. The Bertz CT molecular complexity index is 567. The van der Waals surface area contributed by atoms with Crippen LogP contribution >= 0.6 is 0 Å². The van der Waals surface area contributed by atoms with Gasteiger partial charge in [0, 0.05) is 23.5 Å².